The lowest BCUT2D eigenvalue weighted by molar-refractivity contribution is 0.0326. The minimum absolute atomic E-state index is 0.178. The van der Waals surface area contributed by atoms with Gasteiger partial charge in [-0.2, -0.15) is 0 Å². The number of aliphatic hydroxyl groups excluding tert-OH is 1. The number of likely N-dealkylation sites (tertiary alicyclic amines) is 1. The summed E-state index contributed by atoms with van der Waals surface area (Å²) in [6.45, 7) is 2.34. The second-order valence-electron chi connectivity index (χ2n) is 5.41. The van der Waals surface area contributed by atoms with E-state index in [-0.39, 0.29) is 6.10 Å². The minimum atomic E-state index is -0.178. The largest absolute Gasteiger partial charge is 0.391 e. The zero-order chi connectivity index (χ0) is 11.7. The van der Waals surface area contributed by atoms with Gasteiger partial charge in [0.2, 0.25) is 0 Å². The molecule has 17 heavy (non-hydrogen) atoms. The fourth-order valence-electron chi connectivity index (χ4n) is 3.30. The van der Waals surface area contributed by atoms with Gasteiger partial charge in [-0.15, -0.1) is 0 Å². The summed E-state index contributed by atoms with van der Waals surface area (Å²) in [4.78, 5) is 2.50. The quantitative estimate of drug-likeness (QED) is 0.799. The summed E-state index contributed by atoms with van der Waals surface area (Å²) in [6.07, 6.45) is 5.63. The van der Waals surface area contributed by atoms with Gasteiger partial charge >= 0.3 is 0 Å². The van der Waals surface area contributed by atoms with Gasteiger partial charge < -0.3 is 5.11 Å². The van der Waals surface area contributed by atoms with E-state index in [4.69, 9.17) is 0 Å². The van der Waals surface area contributed by atoms with Crippen LogP contribution in [0.25, 0.3) is 0 Å². The minimum Gasteiger partial charge on any atom is -0.391 e. The van der Waals surface area contributed by atoms with Crippen molar-refractivity contribution in [3.05, 3.63) is 35.4 Å². The summed E-state index contributed by atoms with van der Waals surface area (Å²) < 4.78 is 0. The van der Waals surface area contributed by atoms with Crippen LogP contribution in [0.4, 0.5) is 0 Å². The number of nitrogens with zero attached hydrogens (tertiary/aromatic N) is 1. The maximum atomic E-state index is 10.3. The van der Waals surface area contributed by atoms with Crippen molar-refractivity contribution in [3.8, 4) is 0 Å². The van der Waals surface area contributed by atoms with Gasteiger partial charge in [0.15, 0.2) is 0 Å². The lowest BCUT2D eigenvalue weighted by Gasteiger charge is -2.40. The van der Waals surface area contributed by atoms with Crippen molar-refractivity contribution in [2.24, 2.45) is 0 Å². The van der Waals surface area contributed by atoms with Crippen molar-refractivity contribution >= 4 is 0 Å². The van der Waals surface area contributed by atoms with Crippen molar-refractivity contribution in [3.63, 3.8) is 0 Å². The lowest BCUT2D eigenvalue weighted by atomic mass is 9.85. The van der Waals surface area contributed by atoms with Gasteiger partial charge in [-0.3, -0.25) is 4.90 Å². The van der Waals surface area contributed by atoms with Gasteiger partial charge in [-0.1, -0.05) is 30.7 Å². The van der Waals surface area contributed by atoms with E-state index in [0.29, 0.717) is 6.04 Å². The van der Waals surface area contributed by atoms with E-state index in [9.17, 15) is 5.11 Å². The number of hydrogen-bond donors (Lipinski definition) is 1. The summed E-state index contributed by atoms with van der Waals surface area (Å²) in [5.41, 5.74) is 2.78. The molecule has 2 atom stereocenters. The van der Waals surface area contributed by atoms with E-state index in [1.807, 2.05) is 0 Å². The van der Waals surface area contributed by atoms with Gasteiger partial charge in [0.05, 0.1) is 6.10 Å². The standard InChI is InChI=1S/C15H21NO/c17-15-11-13-7-3-2-6-12(13)10-14(15)16-8-4-1-5-9-16/h2-3,6-7,14-15,17H,1,4-5,8-11H2. The molecular weight excluding hydrogens is 210 g/mol. The predicted octanol–water partition coefficient (Wildman–Crippen LogP) is 2.00. The Labute approximate surface area is 103 Å². The molecular formula is C15H21NO. The molecule has 1 aliphatic heterocycles. The first kappa shape index (κ1) is 11.2. The predicted molar refractivity (Wildman–Crippen MR) is 69.1 cm³/mol. The molecule has 0 spiro atoms. The molecule has 2 heteroatoms. The van der Waals surface area contributed by atoms with Gasteiger partial charge in [-0.25, -0.2) is 0 Å². The molecule has 0 saturated carbocycles. The van der Waals surface area contributed by atoms with E-state index in [1.165, 1.54) is 43.5 Å². The van der Waals surface area contributed by atoms with Crippen LogP contribution in [0.1, 0.15) is 30.4 Å². The number of rotatable bonds is 1. The smallest absolute Gasteiger partial charge is 0.0738 e. The summed E-state index contributed by atoms with van der Waals surface area (Å²) >= 11 is 0. The number of aliphatic hydroxyl groups is 1. The van der Waals surface area contributed by atoms with Crippen LogP contribution in [-0.2, 0) is 12.8 Å². The van der Waals surface area contributed by atoms with Crippen molar-refractivity contribution in [2.75, 3.05) is 13.1 Å². The molecule has 1 aliphatic carbocycles. The number of benzene rings is 1. The Morgan fingerprint density at radius 2 is 1.59 bits per heavy atom. The highest BCUT2D eigenvalue weighted by Gasteiger charge is 2.31. The number of hydrogen-bond acceptors (Lipinski definition) is 2. The average Bonchev–Trinajstić information content (AvgIpc) is 2.39. The van der Waals surface area contributed by atoms with Crippen LogP contribution in [0.15, 0.2) is 24.3 Å². The van der Waals surface area contributed by atoms with E-state index >= 15 is 0 Å². The normalized spacial score (nSPS) is 29.9. The zero-order valence-electron chi connectivity index (χ0n) is 10.3. The van der Waals surface area contributed by atoms with Gasteiger partial charge in [0.1, 0.15) is 0 Å². The molecule has 0 bridgehead atoms. The summed E-state index contributed by atoms with van der Waals surface area (Å²) in [5, 5.41) is 10.3. The summed E-state index contributed by atoms with van der Waals surface area (Å²) in [7, 11) is 0. The third kappa shape index (κ3) is 2.24. The van der Waals surface area contributed by atoms with E-state index in [1.54, 1.807) is 0 Å². The average molecular weight is 231 g/mol. The molecule has 1 saturated heterocycles. The lowest BCUT2D eigenvalue weighted by Crippen LogP contribution is -2.50. The van der Waals surface area contributed by atoms with Crippen LogP contribution in [0, 0.1) is 0 Å². The SMILES string of the molecule is OC1Cc2ccccc2CC1N1CCCCC1. The molecule has 3 rings (SSSR count). The van der Waals surface area contributed by atoms with Crippen LogP contribution in [0.5, 0.6) is 0 Å². The van der Waals surface area contributed by atoms with E-state index in [2.05, 4.69) is 29.2 Å². The Kier molecular flexibility index (Phi) is 3.17. The highest BCUT2D eigenvalue weighted by atomic mass is 16.3. The topological polar surface area (TPSA) is 23.5 Å². The molecule has 1 N–H and O–H groups in total. The Bertz CT molecular complexity index is 384. The molecule has 2 unspecified atom stereocenters. The fraction of sp³-hybridized carbons (Fsp3) is 0.600. The first-order valence-corrected chi connectivity index (χ1v) is 6.83. The number of piperidine rings is 1. The van der Waals surface area contributed by atoms with Crippen LogP contribution in [0.3, 0.4) is 0 Å². The zero-order valence-corrected chi connectivity index (χ0v) is 10.3. The van der Waals surface area contributed by atoms with Crippen LogP contribution >= 0.6 is 0 Å². The maximum absolute atomic E-state index is 10.3. The van der Waals surface area contributed by atoms with Crippen LogP contribution in [0.2, 0.25) is 0 Å². The van der Waals surface area contributed by atoms with Gasteiger partial charge in [0.25, 0.3) is 0 Å². The maximum Gasteiger partial charge on any atom is 0.0738 e. The first-order valence-electron chi connectivity index (χ1n) is 6.83. The molecule has 1 aromatic carbocycles. The third-order valence-corrected chi connectivity index (χ3v) is 4.28. The second-order valence-corrected chi connectivity index (χ2v) is 5.41. The summed E-state index contributed by atoms with van der Waals surface area (Å²) in [5.74, 6) is 0. The van der Waals surface area contributed by atoms with E-state index in [0.717, 1.165) is 12.8 Å². The Balaban J connectivity index is 1.79. The molecule has 2 aliphatic rings. The van der Waals surface area contributed by atoms with Crippen molar-refractivity contribution in [1.29, 1.82) is 0 Å². The van der Waals surface area contributed by atoms with Crippen molar-refractivity contribution in [1.82, 2.24) is 4.90 Å². The van der Waals surface area contributed by atoms with E-state index < -0.39 is 0 Å². The third-order valence-electron chi connectivity index (χ3n) is 4.28. The molecule has 0 aromatic heterocycles. The molecule has 1 heterocycles. The highest BCUT2D eigenvalue weighted by Crippen LogP contribution is 2.26. The highest BCUT2D eigenvalue weighted by molar-refractivity contribution is 5.31. The molecule has 1 aromatic rings. The van der Waals surface area contributed by atoms with Crippen LogP contribution in [-0.4, -0.2) is 35.2 Å². The van der Waals surface area contributed by atoms with Gasteiger partial charge in [-0.05, 0) is 43.5 Å². The summed E-state index contributed by atoms with van der Waals surface area (Å²) in [6, 6.07) is 8.92. The fourth-order valence-corrected chi connectivity index (χ4v) is 3.30. The first-order chi connectivity index (χ1) is 8.34. The van der Waals surface area contributed by atoms with Crippen molar-refractivity contribution in [2.45, 2.75) is 44.2 Å². The Morgan fingerprint density at radius 3 is 2.29 bits per heavy atom. The molecule has 0 radical (unpaired) electrons. The Hall–Kier alpha value is -0.860. The monoisotopic (exact) mass is 231 g/mol. The number of fused-ring (bicyclic) bond motifs is 1. The van der Waals surface area contributed by atoms with Crippen molar-refractivity contribution < 1.29 is 5.11 Å². The van der Waals surface area contributed by atoms with Crippen LogP contribution < -0.4 is 0 Å². The molecule has 92 valence electrons. The van der Waals surface area contributed by atoms with Gasteiger partial charge in [0, 0.05) is 12.5 Å². The molecule has 1 fully saturated rings. The molecule has 2 nitrogen and oxygen atoms in total. The molecule has 0 amide bonds. The Morgan fingerprint density at radius 1 is 0.941 bits per heavy atom. The second kappa shape index (κ2) is 4.79.